The van der Waals surface area contributed by atoms with Crippen LogP contribution in [0.1, 0.15) is 32.1 Å². The van der Waals surface area contributed by atoms with Crippen molar-refractivity contribution in [2.45, 2.75) is 32.6 Å². The Labute approximate surface area is 172 Å². The van der Waals surface area contributed by atoms with E-state index >= 15 is 0 Å². The first-order valence-electron chi connectivity index (χ1n) is 10.3. The van der Waals surface area contributed by atoms with E-state index < -0.39 is 0 Å². The molecular formula is C24H29N3O2. The van der Waals surface area contributed by atoms with Gasteiger partial charge in [0, 0.05) is 43.7 Å². The van der Waals surface area contributed by atoms with Crippen LogP contribution >= 0.6 is 0 Å². The van der Waals surface area contributed by atoms with Gasteiger partial charge in [0.1, 0.15) is 0 Å². The number of carbonyl (C=O) groups excluding carboxylic acids is 1. The van der Waals surface area contributed by atoms with Crippen LogP contribution in [-0.4, -0.2) is 30.5 Å². The fraction of sp³-hybridized carbons (Fsp3) is 0.333. The maximum absolute atomic E-state index is 12.1. The SMILES string of the molecule is CCN(CCCNC(=O)CCCc1ncc(-c2ccccc2)o1)c1ccccc1. The summed E-state index contributed by atoms with van der Waals surface area (Å²) in [5.74, 6) is 1.53. The smallest absolute Gasteiger partial charge is 0.220 e. The van der Waals surface area contributed by atoms with Crippen molar-refractivity contribution in [1.82, 2.24) is 10.3 Å². The summed E-state index contributed by atoms with van der Waals surface area (Å²) in [6, 6.07) is 20.3. The van der Waals surface area contributed by atoms with Crippen LogP contribution in [0, 0.1) is 0 Å². The van der Waals surface area contributed by atoms with E-state index in [1.807, 2.05) is 36.4 Å². The summed E-state index contributed by atoms with van der Waals surface area (Å²) < 4.78 is 5.78. The van der Waals surface area contributed by atoms with Gasteiger partial charge >= 0.3 is 0 Å². The Morgan fingerprint density at radius 2 is 1.76 bits per heavy atom. The highest BCUT2D eigenvalue weighted by Crippen LogP contribution is 2.20. The van der Waals surface area contributed by atoms with Crippen molar-refractivity contribution in [1.29, 1.82) is 0 Å². The summed E-state index contributed by atoms with van der Waals surface area (Å²) in [5.41, 5.74) is 2.24. The highest BCUT2D eigenvalue weighted by molar-refractivity contribution is 5.75. The molecule has 1 amide bonds. The van der Waals surface area contributed by atoms with Crippen LogP contribution in [0.25, 0.3) is 11.3 Å². The van der Waals surface area contributed by atoms with E-state index in [9.17, 15) is 4.79 Å². The van der Waals surface area contributed by atoms with Gasteiger partial charge in [0.15, 0.2) is 11.7 Å². The number of hydrogen-bond acceptors (Lipinski definition) is 4. The number of nitrogens with zero attached hydrogens (tertiary/aromatic N) is 2. The van der Waals surface area contributed by atoms with Crippen LogP contribution in [0.3, 0.4) is 0 Å². The zero-order chi connectivity index (χ0) is 20.3. The van der Waals surface area contributed by atoms with Crippen molar-refractivity contribution >= 4 is 11.6 Å². The van der Waals surface area contributed by atoms with Crippen molar-refractivity contribution in [3.63, 3.8) is 0 Å². The molecule has 0 unspecified atom stereocenters. The second kappa shape index (κ2) is 11.1. The van der Waals surface area contributed by atoms with E-state index in [-0.39, 0.29) is 5.91 Å². The average Bonchev–Trinajstić information content (AvgIpc) is 3.24. The van der Waals surface area contributed by atoms with Gasteiger partial charge in [-0.3, -0.25) is 4.79 Å². The number of aromatic nitrogens is 1. The van der Waals surface area contributed by atoms with Crippen LogP contribution in [0.15, 0.2) is 71.3 Å². The van der Waals surface area contributed by atoms with Crippen LogP contribution in [-0.2, 0) is 11.2 Å². The monoisotopic (exact) mass is 391 g/mol. The number of oxazole rings is 1. The van der Waals surface area contributed by atoms with Crippen LogP contribution < -0.4 is 10.2 Å². The third kappa shape index (κ3) is 6.49. The van der Waals surface area contributed by atoms with Gasteiger partial charge in [-0.2, -0.15) is 0 Å². The number of para-hydroxylation sites is 1. The minimum absolute atomic E-state index is 0.0857. The van der Waals surface area contributed by atoms with Crippen molar-refractivity contribution in [3.8, 4) is 11.3 Å². The molecule has 0 aliphatic carbocycles. The van der Waals surface area contributed by atoms with E-state index in [0.29, 0.717) is 25.3 Å². The minimum atomic E-state index is 0.0857. The fourth-order valence-corrected chi connectivity index (χ4v) is 3.26. The number of carbonyl (C=O) groups is 1. The number of nitrogens with one attached hydrogen (secondary N) is 1. The minimum Gasteiger partial charge on any atom is -0.441 e. The Morgan fingerprint density at radius 3 is 2.48 bits per heavy atom. The van der Waals surface area contributed by atoms with Crippen LogP contribution in [0.5, 0.6) is 0 Å². The van der Waals surface area contributed by atoms with Gasteiger partial charge in [0.25, 0.3) is 0 Å². The Morgan fingerprint density at radius 1 is 1.03 bits per heavy atom. The van der Waals surface area contributed by atoms with E-state index in [1.54, 1.807) is 6.20 Å². The topological polar surface area (TPSA) is 58.4 Å². The maximum atomic E-state index is 12.1. The predicted octanol–water partition coefficient (Wildman–Crippen LogP) is 4.70. The molecule has 3 aromatic rings. The number of amides is 1. The average molecular weight is 392 g/mol. The third-order valence-corrected chi connectivity index (χ3v) is 4.84. The lowest BCUT2D eigenvalue weighted by Crippen LogP contribution is -2.29. The third-order valence-electron chi connectivity index (χ3n) is 4.84. The normalized spacial score (nSPS) is 10.7. The molecule has 0 fully saturated rings. The van der Waals surface area contributed by atoms with E-state index in [4.69, 9.17) is 4.42 Å². The highest BCUT2D eigenvalue weighted by atomic mass is 16.4. The number of rotatable bonds is 11. The van der Waals surface area contributed by atoms with Gasteiger partial charge in [-0.05, 0) is 31.9 Å². The van der Waals surface area contributed by atoms with Crippen molar-refractivity contribution < 1.29 is 9.21 Å². The summed E-state index contributed by atoms with van der Waals surface area (Å²) in [7, 11) is 0. The molecule has 0 radical (unpaired) electrons. The first-order valence-corrected chi connectivity index (χ1v) is 10.3. The first kappa shape index (κ1) is 20.6. The lowest BCUT2D eigenvalue weighted by atomic mass is 10.2. The van der Waals surface area contributed by atoms with Crippen molar-refractivity contribution in [3.05, 3.63) is 72.8 Å². The van der Waals surface area contributed by atoms with Gasteiger partial charge in [-0.25, -0.2) is 4.98 Å². The lowest BCUT2D eigenvalue weighted by molar-refractivity contribution is -0.121. The Kier molecular flexibility index (Phi) is 7.87. The molecule has 0 saturated carbocycles. The second-order valence-electron chi connectivity index (χ2n) is 6.96. The Bertz CT molecular complexity index is 862. The molecule has 3 rings (SSSR count). The van der Waals surface area contributed by atoms with Crippen molar-refractivity contribution in [2.24, 2.45) is 0 Å². The van der Waals surface area contributed by atoms with Crippen LogP contribution in [0.2, 0.25) is 0 Å². The second-order valence-corrected chi connectivity index (χ2v) is 6.96. The highest BCUT2D eigenvalue weighted by Gasteiger charge is 2.08. The summed E-state index contributed by atoms with van der Waals surface area (Å²) in [5, 5.41) is 3.01. The molecule has 0 aliphatic rings. The lowest BCUT2D eigenvalue weighted by Gasteiger charge is -2.23. The number of aryl methyl sites for hydroxylation is 1. The largest absolute Gasteiger partial charge is 0.441 e. The summed E-state index contributed by atoms with van der Waals surface area (Å²) >= 11 is 0. The molecule has 5 nitrogen and oxygen atoms in total. The van der Waals surface area contributed by atoms with Gasteiger partial charge in [0.05, 0.1) is 6.20 Å². The predicted molar refractivity (Wildman–Crippen MR) is 117 cm³/mol. The number of benzene rings is 2. The van der Waals surface area contributed by atoms with Gasteiger partial charge in [-0.1, -0.05) is 48.5 Å². The van der Waals surface area contributed by atoms with Gasteiger partial charge < -0.3 is 14.6 Å². The zero-order valence-electron chi connectivity index (χ0n) is 17.0. The molecule has 0 saturated heterocycles. The van der Waals surface area contributed by atoms with Crippen molar-refractivity contribution in [2.75, 3.05) is 24.5 Å². The van der Waals surface area contributed by atoms with E-state index in [2.05, 4.69) is 46.4 Å². The quantitative estimate of drug-likeness (QED) is 0.482. The molecule has 5 heteroatoms. The molecule has 1 aromatic heterocycles. The standard InChI is InChI=1S/C24H29N3O2/c1-2-27(21-13-7-4-8-14-21)18-10-17-25-23(28)15-9-16-24-26-19-22(29-24)20-11-5-3-6-12-20/h3-8,11-14,19H,2,9-10,15-18H2,1H3,(H,25,28). The molecule has 0 spiro atoms. The molecule has 0 aliphatic heterocycles. The molecule has 1 N–H and O–H groups in total. The van der Waals surface area contributed by atoms with Gasteiger partial charge in [-0.15, -0.1) is 0 Å². The van der Waals surface area contributed by atoms with E-state index in [0.717, 1.165) is 37.3 Å². The number of anilines is 1. The Hall–Kier alpha value is -3.08. The molecule has 2 aromatic carbocycles. The molecule has 152 valence electrons. The zero-order valence-corrected chi connectivity index (χ0v) is 17.0. The Balaban J connectivity index is 1.32. The maximum Gasteiger partial charge on any atom is 0.220 e. The molecule has 29 heavy (non-hydrogen) atoms. The molecular weight excluding hydrogens is 362 g/mol. The van der Waals surface area contributed by atoms with Crippen LogP contribution in [0.4, 0.5) is 5.69 Å². The molecule has 1 heterocycles. The summed E-state index contributed by atoms with van der Waals surface area (Å²) in [4.78, 5) is 18.7. The molecule has 0 atom stereocenters. The summed E-state index contributed by atoms with van der Waals surface area (Å²) in [6.07, 6.45) is 4.55. The molecule has 0 bridgehead atoms. The van der Waals surface area contributed by atoms with E-state index in [1.165, 1.54) is 5.69 Å². The summed E-state index contributed by atoms with van der Waals surface area (Å²) in [6.45, 7) is 4.73. The first-order chi connectivity index (χ1) is 14.3. The van der Waals surface area contributed by atoms with Gasteiger partial charge in [0.2, 0.25) is 5.91 Å². The fourth-order valence-electron chi connectivity index (χ4n) is 3.26. The number of hydrogen-bond donors (Lipinski definition) is 1.